The van der Waals surface area contributed by atoms with Crippen molar-refractivity contribution in [3.05, 3.63) is 53.5 Å². The highest BCUT2D eigenvalue weighted by molar-refractivity contribution is 5.42. The van der Waals surface area contributed by atoms with E-state index in [-0.39, 0.29) is 5.82 Å². The average Bonchev–Trinajstić information content (AvgIpc) is 2.40. The van der Waals surface area contributed by atoms with Gasteiger partial charge in [0, 0.05) is 18.8 Å². The second-order valence-corrected chi connectivity index (χ2v) is 3.96. The van der Waals surface area contributed by atoms with Crippen LogP contribution < -0.4 is 10.1 Å². The Kier molecular flexibility index (Phi) is 3.77. The minimum atomic E-state index is -0.223. The Labute approximate surface area is 106 Å². The molecule has 94 valence electrons. The van der Waals surface area contributed by atoms with Crippen LogP contribution in [0.1, 0.15) is 11.1 Å². The molecule has 0 saturated carbocycles. The largest absolute Gasteiger partial charge is 0.489 e. The zero-order valence-corrected chi connectivity index (χ0v) is 10.4. The highest BCUT2D eigenvalue weighted by Gasteiger charge is 2.04. The topological polar surface area (TPSA) is 34.2 Å². The second-order valence-electron chi connectivity index (χ2n) is 3.96. The number of nitrogens with zero attached hydrogens (tertiary/aromatic N) is 1. The van der Waals surface area contributed by atoms with Crippen molar-refractivity contribution < 1.29 is 9.13 Å². The van der Waals surface area contributed by atoms with E-state index in [4.69, 9.17) is 4.74 Å². The van der Waals surface area contributed by atoms with Crippen molar-refractivity contribution in [3.63, 3.8) is 0 Å². The van der Waals surface area contributed by atoms with Crippen LogP contribution in [0.3, 0.4) is 0 Å². The summed E-state index contributed by atoms with van der Waals surface area (Å²) in [5.74, 6) is 1.22. The van der Waals surface area contributed by atoms with Crippen LogP contribution in [0.15, 0.2) is 36.5 Å². The Balaban J connectivity index is 2.09. The minimum absolute atomic E-state index is 0.223. The molecule has 0 aliphatic heterocycles. The number of aryl methyl sites for hydroxylation is 1. The van der Waals surface area contributed by atoms with E-state index in [0.717, 1.165) is 11.4 Å². The van der Waals surface area contributed by atoms with Crippen molar-refractivity contribution in [3.8, 4) is 5.75 Å². The Morgan fingerprint density at radius 2 is 2.17 bits per heavy atom. The molecule has 0 atom stereocenters. The van der Waals surface area contributed by atoms with Crippen LogP contribution in [0.5, 0.6) is 5.75 Å². The predicted octanol–water partition coefficient (Wildman–Crippen LogP) is 3.15. The highest BCUT2D eigenvalue weighted by Crippen LogP contribution is 2.19. The Morgan fingerprint density at radius 3 is 2.89 bits per heavy atom. The standard InChI is InChI=1S/C14H15FN2O/c1-10-8-12(5-6-13(10)15)18-9-11-4-3-7-17-14(11)16-2/h3-8H,9H2,1-2H3,(H,16,17). The van der Waals surface area contributed by atoms with E-state index in [1.807, 2.05) is 19.2 Å². The summed E-state index contributed by atoms with van der Waals surface area (Å²) in [4.78, 5) is 4.19. The van der Waals surface area contributed by atoms with Gasteiger partial charge in [0.05, 0.1) is 0 Å². The molecule has 2 rings (SSSR count). The number of halogens is 1. The van der Waals surface area contributed by atoms with E-state index < -0.39 is 0 Å². The van der Waals surface area contributed by atoms with Gasteiger partial charge < -0.3 is 10.1 Å². The van der Waals surface area contributed by atoms with Gasteiger partial charge in [-0.05, 0) is 36.8 Å². The van der Waals surface area contributed by atoms with Crippen LogP contribution in [0, 0.1) is 12.7 Å². The molecule has 0 unspecified atom stereocenters. The fourth-order valence-electron chi connectivity index (χ4n) is 1.65. The number of benzene rings is 1. The molecule has 0 fully saturated rings. The maximum Gasteiger partial charge on any atom is 0.132 e. The Hall–Kier alpha value is -2.10. The van der Waals surface area contributed by atoms with Crippen molar-refractivity contribution in [2.45, 2.75) is 13.5 Å². The van der Waals surface area contributed by atoms with Crippen molar-refractivity contribution >= 4 is 5.82 Å². The molecule has 0 spiro atoms. The lowest BCUT2D eigenvalue weighted by atomic mass is 10.2. The number of nitrogens with one attached hydrogen (secondary N) is 1. The van der Waals surface area contributed by atoms with Gasteiger partial charge >= 0.3 is 0 Å². The summed E-state index contributed by atoms with van der Waals surface area (Å²) in [5.41, 5.74) is 1.54. The third kappa shape index (κ3) is 2.77. The average molecular weight is 246 g/mol. The molecule has 0 saturated heterocycles. The molecule has 0 bridgehead atoms. The summed E-state index contributed by atoms with van der Waals surface area (Å²) >= 11 is 0. The first-order chi connectivity index (χ1) is 8.70. The SMILES string of the molecule is CNc1ncccc1COc1ccc(F)c(C)c1. The minimum Gasteiger partial charge on any atom is -0.489 e. The first kappa shape index (κ1) is 12.4. The number of aromatic nitrogens is 1. The first-order valence-corrected chi connectivity index (χ1v) is 5.71. The number of hydrogen-bond donors (Lipinski definition) is 1. The predicted molar refractivity (Wildman–Crippen MR) is 69.3 cm³/mol. The van der Waals surface area contributed by atoms with Gasteiger partial charge in [-0.25, -0.2) is 9.37 Å². The molecule has 4 heteroatoms. The van der Waals surface area contributed by atoms with Crippen LogP contribution in [-0.2, 0) is 6.61 Å². The fraction of sp³-hybridized carbons (Fsp3) is 0.214. The molecular formula is C14H15FN2O. The normalized spacial score (nSPS) is 10.2. The molecule has 0 aliphatic rings. The van der Waals surface area contributed by atoms with E-state index in [1.54, 1.807) is 25.3 Å². The van der Waals surface area contributed by atoms with Gasteiger partial charge in [0.1, 0.15) is 24.0 Å². The lowest BCUT2D eigenvalue weighted by molar-refractivity contribution is 0.305. The molecule has 1 aromatic heterocycles. The van der Waals surface area contributed by atoms with E-state index in [0.29, 0.717) is 17.9 Å². The first-order valence-electron chi connectivity index (χ1n) is 5.71. The smallest absolute Gasteiger partial charge is 0.132 e. The van der Waals surface area contributed by atoms with Crippen LogP contribution in [-0.4, -0.2) is 12.0 Å². The van der Waals surface area contributed by atoms with Gasteiger partial charge in [0.2, 0.25) is 0 Å². The zero-order chi connectivity index (χ0) is 13.0. The van der Waals surface area contributed by atoms with Gasteiger partial charge in [0.25, 0.3) is 0 Å². The summed E-state index contributed by atoms with van der Waals surface area (Å²) in [5, 5.41) is 3.00. The van der Waals surface area contributed by atoms with Crippen molar-refractivity contribution in [2.75, 3.05) is 12.4 Å². The molecule has 0 aliphatic carbocycles. The maximum atomic E-state index is 13.1. The summed E-state index contributed by atoms with van der Waals surface area (Å²) in [6, 6.07) is 8.51. The molecule has 1 N–H and O–H groups in total. The Morgan fingerprint density at radius 1 is 1.33 bits per heavy atom. The Bertz CT molecular complexity index is 543. The van der Waals surface area contributed by atoms with E-state index >= 15 is 0 Å². The zero-order valence-electron chi connectivity index (χ0n) is 10.4. The molecule has 1 aromatic carbocycles. The van der Waals surface area contributed by atoms with Crippen molar-refractivity contribution in [1.82, 2.24) is 4.98 Å². The maximum absolute atomic E-state index is 13.1. The van der Waals surface area contributed by atoms with Gasteiger partial charge in [-0.1, -0.05) is 6.07 Å². The van der Waals surface area contributed by atoms with Crippen LogP contribution in [0.4, 0.5) is 10.2 Å². The van der Waals surface area contributed by atoms with E-state index in [1.165, 1.54) is 6.07 Å². The number of ether oxygens (including phenoxy) is 1. The summed E-state index contributed by atoms with van der Waals surface area (Å²) in [6.07, 6.45) is 1.72. The molecule has 0 radical (unpaired) electrons. The molecule has 0 amide bonds. The van der Waals surface area contributed by atoms with Gasteiger partial charge in [-0.2, -0.15) is 0 Å². The summed E-state index contributed by atoms with van der Waals surface area (Å²) in [6.45, 7) is 2.11. The highest BCUT2D eigenvalue weighted by atomic mass is 19.1. The van der Waals surface area contributed by atoms with Gasteiger partial charge in [-0.15, -0.1) is 0 Å². The lowest BCUT2D eigenvalue weighted by Crippen LogP contribution is -2.02. The van der Waals surface area contributed by atoms with Crippen LogP contribution in [0.25, 0.3) is 0 Å². The molecule has 3 nitrogen and oxygen atoms in total. The van der Waals surface area contributed by atoms with Gasteiger partial charge in [0.15, 0.2) is 0 Å². The number of hydrogen-bond acceptors (Lipinski definition) is 3. The van der Waals surface area contributed by atoms with Crippen LogP contribution >= 0.6 is 0 Å². The van der Waals surface area contributed by atoms with E-state index in [2.05, 4.69) is 10.3 Å². The quantitative estimate of drug-likeness (QED) is 0.899. The number of pyridine rings is 1. The summed E-state index contributed by atoms with van der Waals surface area (Å²) in [7, 11) is 1.81. The van der Waals surface area contributed by atoms with Gasteiger partial charge in [-0.3, -0.25) is 0 Å². The third-order valence-corrected chi connectivity index (χ3v) is 2.65. The molecule has 2 aromatic rings. The fourth-order valence-corrected chi connectivity index (χ4v) is 1.65. The molecule has 1 heterocycles. The van der Waals surface area contributed by atoms with Crippen molar-refractivity contribution in [2.24, 2.45) is 0 Å². The third-order valence-electron chi connectivity index (χ3n) is 2.65. The van der Waals surface area contributed by atoms with Crippen LogP contribution in [0.2, 0.25) is 0 Å². The number of rotatable bonds is 4. The summed E-state index contributed by atoms with van der Waals surface area (Å²) < 4.78 is 18.7. The van der Waals surface area contributed by atoms with E-state index in [9.17, 15) is 4.39 Å². The molecular weight excluding hydrogens is 231 g/mol. The van der Waals surface area contributed by atoms with Crippen molar-refractivity contribution in [1.29, 1.82) is 0 Å². The lowest BCUT2D eigenvalue weighted by Gasteiger charge is -2.10. The molecule has 18 heavy (non-hydrogen) atoms. The second kappa shape index (κ2) is 5.49. The monoisotopic (exact) mass is 246 g/mol. The number of anilines is 1.